The monoisotopic (exact) mass is 192 g/mol. The van der Waals surface area contributed by atoms with Crippen LogP contribution in [0.4, 0.5) is 0 Å². The smallest absolute Gasteiger partial charge is 0.213 e. The Morgan fingerprint density at radius 3 is 3.00 bits per heavy atom. The normalized spacial score (nSPS) is 21.1. The quantitative estimate of drug-likeness (QED) is 0.776. The Bertz CT molecular complexity index is 319. The van der Waals surface area contributed by atoms with Crippen molar-refractivity contribution < 1.29 is 4.74 Å². The van der Waals surface area contributed by atoms with Crippen molar-refractivity contribution in [1.82, 2.24) is 10.3 Å². The lowest BCUT2D eigenvalue weighted by Crippen LogP contribution is -2.14. The van der Waals surface area contributed by atoms with Gasteiger partial charge in [-0.15, -0.1) is 0 Å². The van der Waals surface area contributed by atoms with Gasteiger partial charge in [-0.1, -0.05) is 0 Å². The molecule has 0 amide bonds. The fraction of sp³-hybridized carbons (Fsp3) is 0.545. The number of nitrogens with one attached hydrogen (secondary N) is 1. The molecule has 3 nitrogen and oxygen atoms in total. The highest BCUT2D eigenvalue weighted by molar-refractivity contribution is 5.31. The lowest BCUT2D eigenvalue weighted by Gasteiger charge is -2.13. The molecule has 1 saturated heterocycles. The predicted octanol–water partition coefficient (Wildman–Crippen LogP) is 1.82. The second-order valence-corrected chi connectivity index (χ2v) is 3.73. The van der Waals surface area contributed by atoms with E-state index in [4.69, 9.17) is 4.74 Å². The van der Waals surface area contributed by atoms with Crippen LogP contribution in [0.15, 0.2) is 12.3 Å². The summed E-state index contributed by atoms with van der Waals surface area (Å²) in [6.07, 6.45) is 4.40. The van der Waals surface area contributed by atoms with Crippen molar-refractivity contribution in [3.63, 3.8) is 0 Å². The third-order valence-corrected chi connectivity index (χ3v) is 2.77. The van der Waals surface area contributed by atoms with Crippen molar-refractivity contribution in [2.24, 2.45) is 0 Å². The maximum atomic E-state index is 5.08. The van der Waals surface area contributed by atoms with Crippen LogP contribution in [0.1, 0.15) is 30.0 Å². The van der Waals surface area contributed by atoms with E-state index in [0.717, 1.165) is 6.54 Å². The zero-order chi connectivity index (χ0) is 9.97. The molecule has 76 valence electrons. The number of hydrogen-bond donors (Lipinski definition) is 1. The van der Waals surface area contributed by atoms with Crippen molar-refractivity contribution in [1.29, 1.82) is 0 Å². The molecule has 0 bridgehead atoms. The summed E-state index contributed by atoms with van der Waals surface area (Å²) in [4.78, 5) is 4.24. The second kappa shape index (κ2) is 3.96. The van der Waals surface area contributed by atoms with Gasteiger partial charge in [-0.25, -0.2) is 4.98 Å². The summed E-state index contributed by atoms with van der Waals surface area (Å²) in [6, 6.07) is 2.49. The zero-order valence-electron chi connectivity index (χ0n) is 8.71. The van der Waals surface area contributed by atoms with Crippen molar-refractivity contribution in [2.75, 3.05) is 13.7 Å². The molecule has 1 fully saturated rings. The van der Waals surface area contributed by atoms with E-state index in [1.54, 1.807) is 7.11 Å². The molecule has 0 aromatic carbocycles. The van der Waals surface area contributed by atoms with Gasteiger partial charge in [0.25, 0.3) is 0 Å². The van der Waals surface area contributed by atoms with Gasteiger partial charge in [0.1, 0.15) is 0 Å². The van der Waals surface area contributed by atoms with Gasteiger partial charge >= 0.3 is 0 Å². The van der Waals surface area contributed by atoms with Crippen molar-refractivity contribution in [3.05, 3.63) is 23.4 Å². The number of aromatic nitrogens is 1. The number of hydrogen-bond acceptors (Lipinski definition) is 3. The number of methoxy groups -OCH3 is 1. The SMILES string of the molecule is COc1cc(C)c([C@H]2CCCN2)cn1. The van der Waals surface area contributed by atoms with Gasteiger partial charge in [-0.3, -0.25) is 0 Å². The first-order chi connectivity index (χ1) is 6.81. The molecular weight excluding hydrogens is 176 g/mol. The first kappa shape index (κ1) is 9.46. The minimum atomic E-state index is 0.494. The van der Waals surface area contributed by atoms with Gasteiger partial charge in [0.15, 0.2) is 0 Å². The Balaban J connectivity index is 2.25. The summed E-state index contributed by atoms with van der Waals surface area (Å²) >= 11 is 0. The predicted molar refractivity (Wildman–Crippen MR) is 55.5 cm³/mol. The molecule has 0 spiro atoms. The van der Waals surface area contributed by atoms with Crippen LogP contribution in [0, 0.1) is 6.92 Å². The standard InChI is InChI=1S/C11H16N2O/c1-8-6-11(14-2)13-7-9(8)10-4-3-5-12-10/h6-7,10,12H,3-5H2,1-2H3/t10-/m1/s1. The molecular formula is C11H16N2O. The number of aryl methyl sites for hydroxylation is 1. The van der Waals surface area contributed by atoms with Crippen LogP contribution in [0.2, 0.25) is 0 Å². The van der Waals surface area contributed by atoms with Crippen LogP contribution in [0.3, 0.4) is 0 Å². The average Bonchev–Trinajstić information content (AvgIpc) is 2.70. The highest BCUT2D eigenvalue weighted by atomic mass is 16.5. The van der Waals surface area contributed by atoms with Crippen molar-refractivity contribution >= 4 is 0 Å². The molecule has 0 aliphatic carbocycles. The van der Waals surface area contributed by atoms with E-state index in [2.05, 4.69) is 17.2 Å². The molecule has 14 heavy (non-hydrogen) atoms. The lowest BCUT2D eigenvalue weighted by molar-refractivity contribution is 0.396. The minimum absolute atomic E-state index is 0.494. The van der Waals surface area contributed by atoms with E-state index in [9.17, 15) is 0 Å². The summed E-state index contributed by atoms with van der Waals surface area (Å²) in [5, 5.41) is 3.47. The Morgan fingerprint density at radius 1 is 1.57 bits per heavy atom. The first-order valence-electron chi connectivity index (χ1n) is 5.05. The third kappa shape index (κ3) is 1.73. The van der Waals surface area contributed by atoms with E-state index >= 15 is 0 Å². The molecule has 1 aliphatic heterocycles. The van der Waals surface area contributed by atoms with E-state index in [1.165, 1.54) is 24.0 Å². The second-order valence-electron chi connectivity index (χ2n) is 3.73. The summed E-state index contributed by atoms with van der Waals surface area (Å²) in [7, 11) is 1.65. The van der Waals surface area contributed by atoms with Crippen LogP contribution in [0.25, 0.3) is 0 Å². The number of rotatable bonds is 2. The molecule has 1 aromatic heterocycles. The van der Waals surface area contributed by atoms with E-state index in [0.29, 0.717) is 11.9 Å². The molecule has 0 radical (unpaired) electrons. The van der Waals surface area contributed by atoms with Gasteiger partial charge < -0.3 is 10.1 Å². The van der Waals surface area contributed by atoms with Crippen molar-refractivity contribution in [2.45, 2.75) is 25.8 Å². The number of nitrogens with zero attached hydrogens (tertiary/aromatic N) is 1. The van der Waals surface area contributed by atoms with Gasteiger partial charge in [0, 0.05) is 18.3 Å². The first-order valence-corrected chi connectivity index (χ1v) is 5.05. The molecule has 2 rings (SSSR count). The summed E-state index contributed by atoms with van der Waals surface area (Å²) in [6.45, 7) is 3.23. The van der Waals surface area contributed by atoms with E-state index in [-0.39, 0.29) is 0 Å². The molecule has 0 saturated carbocycles. The Kier molecular flexibility index (Phi) is 2.68. The topological polar surface area (TPSA) is 34.1 Å². The fourth-order valence-corrected chi connectivity index (χ4v) is 1.97. The summed E-state index contributed by atoms with van der Waals surface area (Å²) in [5.74, 6) is 0.698. The highest BCUT2D eigenvalue weighted by Gasteiger charge is 2.18. The molecule has 0 unspecified atom stereocenters. The number of ether oxygens (including phenoxy) is 1. The molecule has 3 heteroatoms. The van der Waals surface area contributed by atoms with Gasteiger partial charge in [-0.05, 0) is 37.4 Å². The molecule has 2 heterocycles. The average molecular weight is 192 g/mol. The van der Waals surface area contributed by atoms with Crippen molar-refractivity contribution in [3.8, 4) is 5.88 Å². The molecule has 1 aliphatic rings. The molecule has 1 N–H and O–H groups in total. The molecule has 1 aromatic rings. The maximum Gasteiger partial charge on any atom is 0.213 e. The van der Waals surface area contributed by atoms with Gasteiger partial charge in [0.05, 0.1) is 7.11 Å². The lowest BCUT2D eigenvalue weighted by atomic mass is 10.0. The van der Waals surface area contributed by atoms with Crippen LogP contribution >= 0.6 is 0 Å². The van der Waals surface area contributed by atoms with E-state index < -0.39 is 0 Å². The van der Waals surface area contributed by atoms with Crippen LogP contribution in [-0.4, -0.2) is 18.6 Å². The summed E-state index contributed by atoms with van der Waals surface area (Å²) < 4.78 is 5.08. The van der Waals surface area contributed by atoms with Crippen LogP contribution in [-0.2, 0) is 0 Å². The Morgan fingerprint density at radius 2 is 2.43 bits per heavy atom. The van der Waals surface area contributed by atoms with Gasteiger partial charge in [0.2, 0.25) is 5.88 Å². The minimum Gasteiger partial charge on any atom is -0.481 e. The van der Waals surface area contributed by atoms with E-state index in [1.807, 2.05) is 12.3 Å². The van der Waals surface area contributed by atoms with Gasteiger partial charge in [-0.2, -0.15) is 0 Å². The maximum absolute atomic E-state index is 5.08. The fourth-order valence-electron chi connectivity index (χ4n) is 1.97. The van der Waals surface area contributed by atoms with Crippen LogP contribution in [0.5, 0.6) is 5.88 Å². The summed E-state index contributed by atoms with van der Waals surface area (Å²) in [5.41, 5.74) is 2.57. The number of pyridine rings is 1. The Hall–Kier alpha value is -1.09. The largest absolute Gasteiger partial charge is 0.481 e. The third-order valence-electron chi connectivity index (χ3n) is 2.77. The molecule has 1 atom stereocenters. The highest BCUT2D eigenvalue weighted by Crippen LogP contribution is 2.26. The zero-order valence-corrected chi connectivity index (χ0v) is 8.71. The van der Waals surface area contributed by atoms with Crippen LogP contribution < -0.4 is 10.1 Å². The Labute approximate surface area is 84.5 Å².